The van der Waals surface area contributed by atoms with E-state index >= 15 is 0 Å². The summed E-state index contributed by atoms with van der Waals surface area (Å²) in [6.07, 6.45) is 5.79. The van der Waals surface area contributed by atoms with Gasteiger partial charge in [-0.25, -0.2) is 0 Å². The number of aliphatic hydroxyl groups excluding tert-OH is 1. The lowest BCUT2D eigenvalue weighted by Crippen LogP contribution is -2.65. The van der Waals surface area contributed by atoms with Crippen LogP contribution in [-0.4, -0.2) is 59.9 Å². The first-order valence-electron chi connectivity index (χ1n) is 11.1. The van der Waals surface area contributed by atoms with E-state index in [-0.39, 0.29) is 17.3 Å². The van der Waals surface area contributed by atoms with Crippen LogP contribution in [0.5, 0.6) is 0 Å². The molecule has 156 valence electrons. The Hall–Kier alpha value is -0.500. The first-order chi connectivity index (χ1) is 13.4. The summed E-state index contributed by atoms with van der Waals surface area (Å²) in [5, 5.41) is 23.4. The van der Waals surface area contributed by atoms with Crippen molar-refractivity contribution in [1.82, 2.24) is 0 Å². The maximum absolute atomic E-state index is 12.1. The zero-order valence-electron chi connectivity index (χ0n) is 16.7. The molecule has 0 amide bonds. The van der Waals surface area contributed by atoms with Crippen molar-refractivity contribution in [2.45, 2.75) is 81.6 Å². The summed E-state index contributed by atoms with van der Waals surface area (Å²) in [5.41, 5.74) is 1.40. The maximum Gasteiger partial charge on any atom is 0.174 e. The molecule has 0 aromatic heterocycles. The highest BCUT2D eigenvalue weighted by Gasteiger charge is 2.71. The molecule has 2 heterocycles. The lowest BCUT2D eigenvalue weighted by Gasteiger charge is -2.60. The number of fused-ring (bicyclic) bond motifs is 5. The molecular weight excluding hydrogens is 360 g/mol. The minimum absolute atomic E-state index is 0.0930. The van der Waals surface area contributed by atoms with Gasteiger partial charge in [-0.3, -0.25) is 0 Å². The molecule has 0 bridgehead atoms. The second kappa shape index (κ2) is 5.80. The normalized spacial score (nSPS) is 48.8. The van der Waals surface area contributed by atoms with Gasteiger partial charge in [0.05, 0.1) is 38.1 Å². The number of ether oxygens (including phenoxy) is 4. The van der Waals surface area contributed by atoms with Crippen LogP contribution in [0.25, 0.3) is 0 Å². The molecule has 2 N–H and O–H groups in total. The van der Waals surface area contributed by atoms with E-state index in [1.165, 1.54) is 11.1 Å². The molecule has 6 nitrogen and oxygen atoms in total. The zero-order valence-corrected chi connectivity index (χ0v) is 16.7. The predicted molar refractivity (Wildman–Crippen MR) is 99.3 cm³/mol. The average molecular weight is 392 g/mol. The molecule has 28 heavy (non-hydrogen) atoms. The highest BCUT2D eigenvalue weighted by Crippen LogP contribution is 2.67. The van der Waals surface area contributed by atoms with Gasteiger partial charge in [0.25, 0.3) is 0 Å². The van der Waals surface area contributed by atoms with Crippen LogP contribution in [0.1, 0.15) is 58.3 Å². The van der Waals surface area contributed by atoms with Gasteiger partial charge in [0.1, 0.15) is 0 Å². The van der Waals surface area contributed by atoms with Gasteiger partial charge in [-0.15, -0.1) is 0 Å². The Morgan fingerprint density at radius 1 is 0.929 bits per heavy atom. The fraction of sp³-hybridized carbons (Fsp3) is 0.909. The predicted octanol–water partition coefficient (Wildman–Crippen LogP) is 2.28. The van der Waals surface area contributed by atoms with Gasteiger partial charge in [0.2, 0.25) is 0 Å². The molecule has 6 aliphatic rings. The Labute approximate surface area is 166 Å². The van der Waals surface area contributed by atoms with Crippen molar-refractivity contribution in [2.75, 3.05) is 26.4 Å². The molecule has 2 saturated carbocycles. The third kappa shape index (κ3) is 2.14. The quantitative estimate of drug-likeness (QED) is 0.616. The lowest BCUT2D eigenvalue weighted by molar-refractivity contribution is -0.274. The van der Waals surface area contributed by atoms with Crippen LogP contribution in [0.3, 0.4) is 0 Å². The largest absolute Gasteiger partial charge is 0.392 e. The Morgan fingerprint density at radius 3 is 2.39 bits per heavy atom. The summed E-state index contributed by atoms with van der Waals surface area (Å²) < 4.78 is 24.2. The zero-order chi connectivity index (χ0) is 19.2. The molecule has 0 radical (unpaired) electrons. The Morgan fingerprint density at radius 2 is 1.64 bits per heavy atom. The van der Waals surface area contributed by atoms with Gasteiger partial charge in [-0.05, 0) is 38.0 Å². The second-order valence-electron chi connectivity index (χ2n) is 10.1. The van der Waals surface area contributed by atoms with E-state index in [1.807, 2.05) is 0 Å². The first kappa shape index (κ1) is 18.3. The summed E-state index contributed by atoms with van der Waals surface area (Å²) in [4.78, 5) is 0. The van der Waals surface area contributed by atoms with Crippen molar-refractivity contribution in [3.63, 3.8) is 0 Å². The highest BCUT2D eigenvalue weighted by atomic mass is 16.7. The molecule has 2 aliphatic heterocycles. The molecule has 6 heteroatoms. The van der Waals surface area contributed by atoms with Crippen molar-refractivity contribution in [3.8, 4) is 0 Å². The fourth-order valence-corrected chi connectivity index (χ4v) is 7.95. The summed E-state index contributed by atoms with van der Waals surface area (Å²) in [5.74, 6) is -1.17. The molecular formula is C22H32O6. The number of rotatable bonds is 0. The van der Waals surface area contributed by atoms with E-state index in [1.54, 1.807) is 0 Å². The Balaban J connectivity index is 1.37. The topological polar surface area (TPSA) is 77.4 Å². The minimum atomic E-state index is -0.883. The fourth-order valence-electron chi connectivity index (χ4n) is 7.95. The van der Waals surface area contributed by atoms with Crippen molar-refractivity contribution in [1.29, 1.82) is 0 Å². The minimum Gasteiger partial charge on any atom is -0.392 e. The lowest BCUT2D eigenvalue weighted by atomic mass is 9.50. The van der Waals surface area contributed by atoms with Crippen LogP contribution in [0.2, 0.25) is 0 Å². The third-order valence-corrected chi connectivity index (χ3v) is 9.04. The first-order valence-corrected chi connectivity index (χ1v) is 11.1. The summed E-state index contributed by atoms with van der Waals surface area (Å²) in [7, 11) is 0. The van der Waals surface area contributed by atoms with E-state index < -0.39 is 23.3 Å². The molecule has 0 unspecified atom stereocenters. The molecule has 4 fully saturated rings. The second-order valence-corrected chi connectivity index (χ2v) is 10.1. The molecule has 6 rings (SSSR count). The summed E-state index contributed by atoms with van der Waals surface area (Å²) >= 11 is 0. The van der Waals surface area contributed by atoms with Crippen LogP contribution < -0.4 is 0 Å². The van der Waals surface area contributed by atoms with E-state index in [9.17, 15) is 10.2 Å². The monoisotopic (exact) mass is 392 g/mol. The third-order valence-electron chi connectivity index (χ3n) is 9.04. The molecule has 5 atom stereocenters. The van der Waals surface area contributed by atoms with Crippen molar-refractivity contribution in [3.05, 3.63) is 11.1 Å². The van der Waals surface area contributed by atoms with Gasteiger partial charge in [0.15, 0.2) is 11.6 Å². The van der Waals surface area contributed by atoms with Crippen LogP contribution in [0.4, 0.5) is 0 Å². The molecule has 0 aromatic rings. The van der Waals surface area contributed by atoms with Gasteiger partial charge in [-0.2, -0.15) is 0 Å². The van der Waals surface area contributed by atoms with Gasteiger partial charge in [-0.1, -0.05) is 18.1 Å². The Bertz CT molecular complexity index is 706. The summed E-state index contributed by atoms with van der Waals surface area (Å²) in [6, 6.07) is 0. The van der Waals surface area contributed by atoms with Gasteiger partial charge >= 0.3 is 0 Å². The smallest absolute Gasteiger partial charge is 0.174 e. The van der Waals surface area contributed by atoms with Gasteiger partial charge in [0, 0.05) is 30.6 Å². The van der Waals surface area contributed by atoms with E-state index in [0.717, 1.165) is 38.5 Å². The standard InChI is InChI=1S/C22H32O6/c1-19-13-16(23)18-15-3-5-20(25-8-9-26-20)12-14(15)2-6-21(18,24)17(19)4-7-22(19)27-10-11-28-22/h16-18,23-24H,2-13H2,1H3/t16-,17-,18+,19+,21+/m1/s1. The number of hydrogen-bond donors (Lipinski definition) is 2. The van der Waals surface area contributed by atoms with Gasteiger partial charge < -0.3 is 29.2 Å². The van der Waals surface area contributed by atoms with Crippen molar-refractivity contribution < 1.29 is 29.2 Å². The van der Waals surface area contributed by atoms with Crippen LogP contribution in [0.15, 0.2) is 11.1 Å². The average Bonchev–Trinajstić information content (AvgIpc) is 3.38. The van der Waals surface area contributed by atoms with E-state index in [2.05, 4.69) is 6.92 Å². The molecule has 2 saturated heterocycles. The van der Waals surface area contributed by atoms with Crippen LogP contribution in [0, 0.1) is 17.3 Å². The maximum atomic E-state index is 12.1. The highest BCUT2D eigenvalue weighted by molar-refractivity contribution is 5.34. The van der Waals surface area contributed by atoms with E-state index in [4.69, 9.17) is 18.9 Å². The van der Waals surface area contributed by atoms with Crippen molar-refractivity contribution >= 4 is 0 Å². The Kier molecular flexibility index (Phi) is 3.79. The molecule has 0 aromatic carbocycles. The molecule has 2 spiro atoms. The number of hydrogen-bond acceptors (Lipinski definition) is 6. The summed E-state index contributed by atoms with van der Waals surface area (Å²) in [6.45, 7) is 4.73. The van der Waals surface area contributed by atoms with E-state index in [0.29, 0.717) is 39.3 Å². The molecule has 4 aliphatic carbocycles. The van der Waals surface area contributed by atoms with Crippen LogP contribution >= 0.6 is 0 Å². The van der Waals surface area contributed by atoms with Crippen molar-refractivity contribution in [2.24, 2.45) is 17.3 Å². The SMILES string of the molecule is C[C@]12C[C@@H](O)[C@@H]3C4=C(CC[C@]3(O)[C@@H]1CCC21OCCO1)CC1(CC4)OCCO1. The van der Waals surface area contributed by atoms with Crippen LogP contribution in [-0.2, 0) is 18.9 Å². The number of aliphatic hydroxyl groups is 2.